The molecule has 3 atom stereocenters. The summed E-state index contributed by atoms with van der Waals surface area (Å²) in [5.74, 6) is -0.602. The van der Waals surface area contributed by atoms with Crippen molar-refractivity contribution in [2.75, 3.05) is 6.54 Å². The molecule has 2 aliphatic rings. The topological polar surface area (TPSA) is 78.5 Å². The predicted molar refractivity (Wildman–Crippen MR) is 110 cm³/mol. The number of carbonyl (C=O) groups is 3. The van der Waals surface area contributed by atoms with Crippen LogP contribution in [0.3, 0.4) is 0 Å². The van der Waals surface area contributed by atoms with Crippen LogP contribution < -0.4 is 10.6 Å². The lowest BCUT2D eigenvalue weighted by atomic mass is 10.0. The lowest BCUT2D eigenvalue weighted by molar-refractivity contribution is -0.147. The average molecular weight is 432 g/mol. The van der Waals surface area contributed by atoms with E-state index < -0.39 is 12.1 Å². The second-order valence-corrected chi connectivity index (χ2v) is 8.19. The molecule has 0 aliphatic carbocycles. The Balaban J connectivity index is 1.42. The van der Waals surface area contributed by atoms with Crippen molar-refractivity contribution in [3.05, 3.63) is 69.7 Å². The Morgan fingerprint density at radius 3 is 2.59 bits per heavy atom. The summed E-state index contributed by atoms with van der Waals surface area (Å²) in [6, 6.07) is 12.4. The molecule has 0 spiro atoms. The van der Waals surface area contributed by atoms with E-state index in [2.05, 4.69) is 10.6 Å². The highest BCUT2D eigenvalue weighted by molar-refractivity contribution is 6.31. The molecule has 8 heteroatoms. The maximum atomic E-state index is 12.9. The molecular formula is C21H19Cl2N3O3. The third kappa shape index (κ3) is 4.23. The maximum Gasteiger partial charge on any atom is 0.251 e. The van der Waals surface area contributed by atoms with Crippen LogP contribution in [-0.2, 0) is 16.0 Å². The van der Waals surface area contributed by atoms with E-state index in [1.807, 2.05) is 12.1 Å². The van der Waals surface area contributed by atoms with E-state index in [0.717, 1.165) is 5.56 Å². The number of hydrogen-bond donors (Lipinski definition) is 2. The molecule has 0 radical (unpaired) electrons. The van der Waals surface area contributed by atoms with Gasteiger partial charge in [-0.3, -0.25) is 14.4 Å². The van der Waals surface area contributed by atoms with Crippen molar-refractivity contribution in [1.29, 1.82) is 0 Å². The smallest absolute Gasteiger partial charge is 0.251 e. The SMILES string of the molecule is O=C(N[C@H]1C[C@H]2C(=O)N[C@@H](Cc3ccc(Cl)cc3)C(=O)N2C1)c1cccc(Cl)c1. The monoisotopic (exact) mass is 431 g/mol. The number of benzene rings is 2. The lowest BCUT2D eigenvalue weighted by Crippen LogP contribution is -2.61. The Hall–Kier alpha value is -2.57. The van der Waals surface area contributed by atoms with Crippen molar-refractivity contribution in [3.8, 4) is 0 Å². The van der Waals surface area contributed by atoms with E-state index in [0.29, 0.717) is 35.0 Å². The summed E-state index contributed by atoms with van der Waals surface area (Å²) in [6.45, 7) is 0.306. The number of piperazine rings is 1. The van der Waals surface area contributed by atoms with Crippen LogP contribution in [0.25, 0.3) is 0 Å². The van der Waals surface area contributed by atoms with E-state index in [-0.39, 0.29) is 23.8 Å². The van der Waals surface area contributed by atoms with E-state index in [1.165, 1.54) is 0 Å². The van der Waals surface area contributed by atoms with Crippen LogP contribution in [0.5, 0.6) is 0 Å². The average Bonchev–Trinajstić information content (AvgIpc) is 3.12. The second-order valence-electron chi connectivity index (χ2n) is 7.31. The Morgan fingerprint density at radius 1 is 1.10 bits per heavy atom. The molecule has 0 unspecified atom stereocenters. The number of nitrogens with one attached hydrogen (secondary N) is 2. The van der Waals surface area contributed by atoms with Gasteiger partial charge in [-0.05, 0) is 42.3 Å². The molecule has 4 rings (SSSR count). The molecule has 2 N–H and O–H groups in total. The third-order valence-electron chi connectivity index (χ3n) is 5.28. The van der Waals surface area contributed by atoms with Crippen LogP contribution in [0, 0.1) is 0 Å². The highest BCUT2D eigenvalue weighted by Crippen LogP contribution is 2.24. The first kappa shape index (κ1) is 19.7. The molecule has 150 valence electrons. The van der Waals surface area contributed by atoms with E-state index in [9.17, 15) is 14.4 Å². The fourth-order valence-corrected chi connectivity index (χ4v) is 4.17. The quantitative estimate of drug-likeness (QED) is 0.779. The molecule has 0 aromatic heterocycles. The Kier molecular flexibility index (Phi) is 5.48. The zero-order chi connectivity index (χ0) is 20.5. The van der Waals surface area contributed by atoms with Gasteiger partial charge in [0.25, 0.3) is 5.91 Å². The van der Waals surface area contributed by atoms with Gasteiger partial charge in [-0.1, -0.05) is 41.4 Å². The minimum Gasteiger partial charge on any atom is -0.347 e. The summed E-state index contributed by atoms with van der Waals surface area (Å²) in [4.78, 5) is 39.5. The molecular weight excluding hydrogens is 413 g/mol. The van der Waals surface area contributed by atoms with Crippen molar-refractivity contribution in [3.63, 3.8) is 0 Å². The first-order chi connectivity index (χ1) is 13.9. The van der Waals surface area contributed by atoms with Gasteiger partial charge in [0.15, 0.2) is 0 Å². The van der Waals surface area contributed by atoms with Crippen LogP contribution in [0.1, 0.15) is 22.3 Å². The van der Waals surface area contributed by atoms with Gasteiger partial charge in [-0.15, -0.1) is 0 Å². The van der Waals surface area contributed by atoms with Gasteiger partial charge >= 0.3 is 0 Å². The number of rotatable bonds is 4. The lowest BCUT2D eigenvalue weighted by Gasteiger charge is -2.34. The Morgan fingerprint density at radius 2 is 1.86 bits per heavy atom. The van der Waals surface area contributed by atoms with Crippen LogP contribution in [-0.4, -0.2) is 47.3 Å². The molecule has 0 saturated carbocycles. The Bertz CT molecular complexity index is 964. The largest absolute Gasteiger partial charge is 0.347 e. The second kappa shape index (κ2) is 8.05. The van der Waals surface area contributed by atoms with Gasteiger partial charge in [0.05, 0.1) is 0 Å². The number of nitrogens with zero attached hydrogens (tertiary/aromatic N) is 1. The van der Waals surface area contributed by atoms with Gasteiger partial charge in [0, 0.05) is 34.6 Å². The van der Waals surface area contributed by atoms with E-state index >= 15 is 0 Å². The van der Waals surface area contributed by atoms with Crippen molar-refractivity contribution >= 4 is 40.9 Å². The fraction of sp³-hybridized carbons (Fsp3) is 0.286. The zero-order valence-electron chi connectivity index (χ0n) is 15.4. The van der Waals surface area contributed by atoms with Crippen LogP contribution >= 0.6 is 23.2 Å². The molecule has 29 heavy (non-hydrogen) atoms. The number of carbonyl (C=O) groups excluding carboxylic acids is 3. The minimum absolute atomic E-state index is 0.135. The number of amides is 3. The number of halogens is 2. The molecule has 2 fully saturated rings. The van der Waals surface area contributed by atoms with Gasteiger partial charge in [-0.2, -0.15) is 0 Å². The molecule has 6 nitrogen and oxygen atoms in total. The van der Waals surface area contributed by atoms with Crippen LogP contribution in [0.15, 0.2) is 48.5 Å². The summed E-state index contributed by atoms with van der Waals surface area (Å²) < 4.78 is 0. The molecule has 0 bridgehead atoms. The first-order valence-electron chi connectivity index (χ1n) is 9.32. The van der Waals surface area contributed by atoms with Crippen LogP contribution in [0.2, 0.25) is 10.0 Å². The minimum atomic E-state index is -0.623. The summed E-state index contributed by atoms with van der Waals surface area (Å²) in [7, 11) is 0. The van der Waals surface area contributed by atoms with Crippen molar-refractivity contribution in [2.24, 2.45) is 0 Å². The van der Waals surface area contributed by atoms with Gasteiger partial charge in [0.1, 0.15) is 12.1 Å². The van der Waals surface area contributed by atoms with Crippen molar-refractivity contribution in [1.82, 2.24) is 15.5 Å². The molecule has 2 heterocycles. The van der Waals surface area contributed by atoms with Crippen molar-refractivity contribution in [2.45, 2.75) is 31.0 Å². The highest BCUT2D eigenvalue weighted by atomic mass is 35.5. The third-order valence-corrected chi connectivity index (χ3v) is 5.76. The zero-order valence-corrected chi connectivity index (χ0v) is 16.9. The van der Waals surface area contributed by atoms with Gasteiger partial charge in [0.2, 0.25) is 11.8 Å². The maximum absolute atomic E-state index is 12.9. The summed E-state index contributed by atoms with van der Waals surface area (Å²) >= 11 is 11.8. The van der Waals surface area contributed by atoms with Gasteiger partial charge < -0.3 is 15.5 Å². The standard InChI is InChI=1S/C21H19Cl2N3O3/c22-14-6-4-12(5-7-14)8-17-21(29)26-11-16(10-18(26)20(28)25-17)24-19(27)13-2-1-3-15(23)9-13/h1-7,9,16-18H,8,10-11H2,(H,24,27)(H,25,28)/t16-,17-,18-/m0/s1. The highest BCUT2D eigenvalue weighted by Gasteiger charge is 2.46. The summed E-state index contributed by atoms with van der Waals surface area (Å²) in [5.41, 5.74) is 1.36. The van der Waals surface area contributed by atoms with Crippen LogP contribution in [0.4, 0.5) is 0 Å². The normalized spacial score (nSPS) is 23.5. The fourth-order valence-electron chi connectivity index (χ4n) is 3.86. The molecule has 2 aromatic carbocycles. The number of hydrogen-bond acceptors (Lipinski definition) is 3. The molecule has 2 aromatic rings. The van der Waals surface area contributed by atoms with E-state index in [4.69, 9.17) is 23.2 Å². The molecule has 3 amide bonds. The molecule has 2 saturated heterocycles. The molecule has 2 aliphatic heterocycles. The summed E-state index contributed by atoms with van der Waals surface area (Å²) in [6.07, 6.45) is 0.780. The van der Waals surface area contributed by atoms with E-state index in [1.54, 1.807) is 41.3 Å². The Labute approximate surface area is 178 Å². The first-order valence-corrected chi connectivity index (χ1v) is 10.1. The van der Waals surface area contributed by atoms with Crippen molar-refractivity contribution < 1.29 is 14.4 Å². The number of fused-ring (bicyclic) bond motifs is 1. The summed E-state index contributed by atoms with van der Waals surface area (Å²) in [5, 5.41) is 6.81. The van der Waals surface area contributed by atoms with Gasteiger partial charge in [-0.25, -0.2) is 0 Å². The predicted octanol–water partition coefficient (Wildman–Crippen LogP) is 2.43.